The minimum atomic E-state index is -2.95. The van der Waals surface area contributed by atoms with Crippen LogP contribution in [0.3, 0.4) is 0 Å². The molecule has 0 aromatic heterocycles. The van der Waals surface area contributed by atoms with Gasteiger partial charge in [-0.15, -0.1) is 0 Å². The Balaban J connectivity index is 1.58. The number of alkyl halides is 2. The number of anilines is 2. The number of halogens is 2. The Kier molecular flexibility index (Phi) is 6.68. The monoisotopic (exact) mass is 450 g/mol. The first kappa shape index (κ1) is 22.5. The second kappa shape index (κ2) is 9.81. The highest BCUT2D eigenvalue weighted by atomic mass is 19.3. The van der Waals surface area contributed by atoms with Crippen LogP contribution in [-0.2, 0) is 11.2 Å². The number of nitrogens with one attached hydrogen (secondary N) is 1. The van der Waals surface area contributed by atoms with E-state index in [-0.39, 0.29) is 17.6 Å². The molecule has 0 unspecified atom stereocenters. The Morgan fingerprint density at radius 1 is 1.03 bits per heavy atom. The Bertz CT molecular complexity index is 1150. The van der Waals surface area contributed by atoms with Gasteiger partial charge in [0.15, 0.2) is 0 Å². The summed E-state index contributed by atoms with van der Waals surface area (Å²) in [7, 11) is 1.67. The van der Waals surface area contributed by atoms with Crippen molar-refractivity contribution in [2.75, 3.05) is 17.3 Å². The van der Waals surface area contributed by atoms with E-state index >= 15 is 0 Å². The van der Waals surface area contributed by atoms with Gasteiger partial charge in [-0.3, -0.25) is 9.59 Å². The molecule has 33 heavy (non-hydrogen) atoms. The Morgan fingerprint density at radius 2 is 1.73 bits per heavy atom. The summed E-state index contributed by atoms with van der Waals surface area (Å²) in [6.07, 6.45) is 2.10. The summed E-state index contributed by atoms with van der Waals surface area (Å²) in [5.41, 5.74) is 2.76. The van der Waals surface area contributed by atoms with E-state index in [0.29, 0.717) is 28.9 Å². The molecule has 2 amide bonds. The molecule has 0 spiro atoms. The standard InChI is InChI=1S/C26H24F2N2O3/c1-30(25(32)18-11-12-18)22-10-6-5-9-21(22)24(31)29-20-13-14-23(33-26(27)28)19(16-20)15-17-7-3-2-4-8-17/h2-10,13-14,16,18,26H,11-12,15H2,1H3,(H,29,31). The number of para-hydroxylation sites is 1. The average molecular weight is 450 g/mol. The summed E-state index contributed by atoms with van der Waals surface area (Å²) in [6, 6.07) is 20.8. The molecule has 0 aliphatic heterocycles. The van der Waals surface area contributed by atoms with Crippen molar-refractivity contribution in [2.24, 2.45) is 5.92 Å². The van der Waals surface area contributed by atoms with Crippen molar-refractivity contribution < 1.29 is 23.1 Å². The van der Waals surface area contributed by atoms with E-state index in [9.17, 15) is 18.4 Å². The van der Waals surface area contributed by atoms with Gasteiger partial charge in [-0.1, -0.05) is 42.5 Å². The van der Waals surface area contributed by atoms with Crippen LogP contribution in [0, 0.1) is 5.92 Å². The fourth-order valence-electron chi connectivity index (χ4n) is 3.70. The summed E-state index contributed by atoms with van der Waals surface area (Å²) < 4.78 is 30.5. The first-order valence-corrected chi connectivity index (χ1v) is 10.7. The Labute approximate surface area is 191 Å². The number of hydrogen-bond donors (Lipinski definition) is 1. The summed E-state index contributed by atoms with van der Waals surface area (Å²) in [4.78, 5) is 27.1. The Hall–Kier alpha value is -3.74. The molecule has 5 nitrogen and oxygen atoms in total. The molecule has 1 fully saturated rings. The van der Waals surface area contributed by atoms with Gasteiger partial charge >= 0.3 is 6.61 Å². The zero-order valence-corrected chi connectivity index (χ0v) is 18.1. The number of carbonyl (C=O) groups is 2. The first-order chi connectivity index (χ1) is 15.9. The molecule has 3 aromatic rings. The van der Waals surface area contributed by atoms with Crippen LogP contribution in [0.15, 0.2) is 72.8 Å². The molecule has 170 valence electrons. The third-order valence-electron chi connectivity index (χ3n) is 5.54. The van der Waals surface area contributed by atoms with Gasteiger partial charge in [0, 0.05) is 30.6 Å². The van der Waals surface area contributed by atoms with E-state index in [1.54, 1.807) is 37.4 Å². The van der Waals surface area contributed by atoms with Crippen molar-refractivity contribution >= 4 is 23.2 Å². The van der Waals surface area contributed by atoms with Gasteiger partial charge in [0.05, 0.1) is 11.3 Å². The smallest absolute Gasteiger partial charge is 0.387 e. The fraction of sp³-hybridized carbons (Fsp3) is 0.231. The fourth-order valence-corrected chi connectivity index (χ4v) is 3.70. The van der Waals surface area contributed by atoms with Gasteiger partial charge in [0.2, 0.25) is 5.91 Å². The molecule has 1 aliphatic carbocycles. The van der Waals surface area contributed by atoms with E-state index in [4.69, 9.17) is 0 Å². The molecule has 1 saturated carbocycles. The van der Waals surface area contributed by atoms with Gasteiger partial charge in [0.1, 0.15) is 5.75 Å². The van der Waals surface area contributed by atoms with Gasteiger partial charge < -0.3 is 15.0 Å². The summed E-state index contributed by atoms with van der Waals surface area (Å²) in [5.74, 6) is -0.320. The highest BCUT2D eigenvalue weighted by Gasteiger charge is 2.33. The molecule has 1 aliphatic rings. The number of amides is 2. The Morgan fingerprint density at radius 3 is 2.42 bits per heavy atom. The third-order valence-corrected chi connectivity index (χ3v) is 5.54. The number of benzene rings is 3. The lowest BCUT2D eigenvalue weighted by Gasteiger charge is -2.20. The molecule has 0 saturated heterocycles. The lowest BCUT2D eigenvalue weighted by molar-refractivity contribution is -0.119. The highest BCUT2D eigenvalue weighted by Crippen LogP contribution is 2.33. The normalized spacial score (nSPS) is 13.0. The van der Waals surface area contributed by atoms with Gasteiger partial charge in [0.25, 0.3) is 5.91 Å². The van der Waals surface area contributed by atoms with Crippen molar-refractivity contribution in [3.8, 4) is 5.75 Å². The van der Waals surface area contributed by atoms with Crippen molar-refractivity contribution in [3.63, 3.8) is 0 Å². The number of carbonyl (C=O) groups excluding carboxylic acids is 2. The first-order valence-electron chi connectivity index (χ1n) is 10.7. The van der Waals surface area contributed by atoms with Crippen molar-refractivity contribution in [1.29, 1.82) is 0 Å². The predicted molar refractivity (Wildman–Crippen MR) is 123 cm³/mol. The van der Waals surface area contributed by atoms with Crippen LogP contribution in [-0.4, -0.2) is 25.5 Å². The minimum Gasteiger partial charge on any atom is -0.435 e. The van der Waals surface area contributed by atoms with Crippen molar-refractivity contribution in [3.05, 3.63) is 89.5 Å². The topological polar surface area (TPSA) is 58.6 Å². The van der Waals surface area contributed by atoms with Crippen molar-refractivity contribution in [1.82, 2.24) is 0 Å². The van der Waals surface area contributed by atoms with Crippen molar-refractivity contribution in [2.45, 2.75) is 25.9 Å². The number of hydrogen-bond acceptors (Lipinski definition) is 3. The minimum absolute atomic E-state index is 0.00565. The SMILES string of the molecule is CN(C(=O)C1CC1)c1ccccc1C(=O)Nc1ccc(OC(F)F)c(Cc2ccccc2)c1. The second-order valence-corrected chi connectivity index (χ2v) is 8.01. The van der Waals surface area contributed by atoms with E-state index < -0.39 is 12.5 Å². The average Bonchev–Trinajstić information content (AvgIpc) is 3.66. The van der Waals surface area contributed by atoms with Crippen LogP contribution in [0.5, 0.6) is 5.75 Å². The lowest BCUT2D eigenvalue weighted by Crippen LogP contribution is -2.29. The molecule has 0 atom stereocenters. The zero-order valence-electron chi connectivity index (χ0n) is 18.1. The van der Waals surface area contributed by atoms with Gasteiger partial charge in [-0.25, -0.2) is 0 Å². The van der Waals surface area contributed by atoms with E-state index in [1.165, 1.54) is 17.0 Å². The van der Waals surface area contributed by atoms with Crippen LogP contribution in [0.4, 0.5) is 20.2 Å². The molecular weight excluding hydrogens is 426 g/mol. The van der Waals surface area contributed by atoms with E-state index in [1.807, 2.05) is 30.3 Å². The molecule has 1 N–H and O–H groups in total. The zero-order chi connectivity index (χ0) is 23.4. The summed E-state index contributed by atoms with van der Waals surface area (Å²) in [6.45, 7) is -2.95. The van der Waals surface area contributed by atoms with Crippen LogP contribution >= 0.6 is 0 Å². The summed E-state index contributed by atoms with van der Waals surface area (Å²) >= 11 is 0. The van der Waals surface area contributed by atoms with Gasteiger partial charge in [-0.2, -0.15) is 8.78 Å². The number of rotatable bonds is 8. The van der Waals surface area contributed by atoms with E-state index in [0.717, 1.165) is 18.4 Å². The molecule has 3 aromatic carbocycles. The molecule has 0 radical (unpaired) electrons. The van der Waals surface area contributed by atoms with Crippen LogP contribution in [0.25, 0.3) is 0 Å². The maximum atomic E-state index is 13.1. The van der Waals surface area contributed by atoms with Crippen LogP contribution < -0.4 is 15.0 Å². The number of nitrogens with zero attached hydrogens (tertiary/aromatic N) is 1. The third kappa shape index (κ3) is 5.55. The van der Waals surface area contributed by atoms with Gasteiger partial charge in [-0.05, 0) is 48.7 Å². The molecule has 4 rings (SSSR count). The predicted octanol–water partition coefficient (Wildman–Crippen LogP) is 5.50. The summed E-state index contributed by atoms with van der Waals surface area (Å²) in [5, 5.41) is 2.82. The quantitative estimate of drug-likeness (QED) is 0.493. The second-order valence-electron chi connectivity index (χ2n) is 8.01. The van der Waals surface area contributed by atoms with Crippen LogP contribution in [0.2, 0.25) is 0 Å². The maximum Gasteiger partial charge on any atom is 0.387 e. The lowest BCUT2D eigenvalue weighted by atomic mass is 10.0. The molecular formula is C26H24F2N2O3. The maximum absolute atomic E-state index is 13.1. The van der Waals surface area contributed by atoms with Crippen LogP contribution in [0.1, 0.15) is 34.3 Å². The number of ether oxygens (including phenoxy) is 1. The largest absolute Gasteiger partial charge is 0.435 e. The molecule has 7 heteroatoms. The van der Waals surface area contributed by atoms with E-state index in [2.05, 4.69) is 10.1 Å². The molecule has 0 heterocycles. The molecule has 0 bridgehead atoms. The highest BCUT2D eigenvalue weighted by molar-refractivity contribution is 6.11.